The summed E-state index contributed by atoms with van der Waals surface area (Å²) in [4.78, 5) is 26.5. The molecular weight excluding hydrogens is 406 g/mol. The molecule has 6 heteroatoms. The van der Waals surface area contributed by atoms with Crippen molar-refractivity contribution in [2.45, 2.75) is 18.4 Å². The molecule has 3 aromatic carbocycles. The van der Waals surface area contributed by atoms with Crippen LogP contribution in [0.3, 0.4) is 0 Å². The van der Waals surface area contributed by atoms with E-state index in [4.69, 9.17) is 14.2 Å². The Hall–Kier alpha value is -3.80. The fourth-order valence-corrected chi connectivity index (χ4v) is 5.05. The topological polar surface area (TPSA) is 65.1 Å². The number of para-hydroxylation sites is 1. The minimum Gasteiger partial charge on any atom is -0.493 e. The molecule has 0 N–H and O–H groups in total. The van der Waals surface area contributed by atoms with E-state index in [1.807, 2.05) is 53.4 Å². The zero-order valence-corrected chi connectivity index (χ0v) is 17.4. The van der Waals surface area contributed by atoms with Gasteiger partial charge in [-0.2, -0.15) is 0 Å². The summed E-state index contributed by atoms with van der Waals surface area (Å²) in [6.07, 6.45) is 1.56. The summed E-state index contributed by atoms with van der Waals surface area (Å²) in [5, 5.41) is 0. The Morgan fingerprint density at radius 1 is 1.00 bits per heavy atom. The van der Waals surface area contributed by atoms with Gasteiger partial charge in [0.2, 0.25) is 5.91 Å². The molecule has 1 spiro atoms. The summed E-state index contributed by atoms with van der Waals surface area (Å²) in [5.41, 5.74) is 3.98. The Kier molecular flexibility index (Phi) is 4.21. The highest BCUT2D eigenvalue weighted by Gasteiger charge is 2.57. The van der Waals surface area contributed by atoms with Gasteiger partial charge in [0.25, 0.3) is 0 Å². The Labute approximate surface area is 185 Å². The molecular formula is C26H21NO5. The molecule has 0 saturated heterocycles. The third kappa shape index (κ3) is 2.65. The summed E-state index contributed by atoms with van der Waals surface area (Å²) in [6.45, 7) is 1.34. The molecule has 3 aliphatic heterocycles. The first-order valence-electron chi connectivity index (χ1n) is 10.7. The van der Waals surface area contributed by atoms with Gasteiger partial charge in [0.15, 0.2) is 6.29 Å². The number of carbonyl (C=O) groups excluding carboxylic acids is 2. The summed E-state index contributed by atoms with van der Waals surface area (Å²) in [7, 11) is 0. The molecule has 1 atom stereocenters. The predicted molar refractivity (Wildman–Crippen MR) is 118 cm³/mol. The van der Waals surface area contributed by atoms with Crippen molar-refractivity contribution in [1.82, 2.24) is 0 Å². The van der Waals surface area contributed by atoms with Gasteiger partial charge in [-0.15, -0.1) is 0 Å². The average Bonchev–Trinajstić information content (AvgIpc) is 3.49. The number of benzene rings is 3. The van der Waals surface area contributed by atoms with Crippen LogP contribution < -0.4 is 19.1 Å². The van der Waals surface area contributed by atoms with Gasteiger partial charge in [-0.3, -0.25) is 9.59 Å². The van der Waals surface area contributed by atoms with Crippen LogP contribution in [-0.2, 0) is 28.0 Å². The van der Waals surface area contributed by atoms with Crippen molar-refractivity contribution in [3.63, 3.8) is 0 Å². The number of aldehydes is 1. The maximum atomic E-state index is 14.0. The van der Waals surface area contributed by atoms with Gasteiger partial charge < -0.3 is 19.1 Å². The highest BCUT2D eigenvalue weighted by Crippen LogP contribution is 2.54. The van der Waals surface area contributed by atoms with E-state index in [2.05, 4.69) is 6.07 Å². The van der Waals surface area contributed by atoms with Crippen LogP contribution in [0.1, 0.15) is 22.3 Å². The Balaban J connectivity index is 1.42. The van der Waals surface area contributed by atoms with Crippen molar-refractivity contribution in [2.24, 2.45) is 0 Å². The number of carbonyl (C=O) groups is 2. The fraction of sp³-hybridized carbons (Fsp3) is 0.231. The van der Waals surface area contributed by atoms with E-state index in [1.165, 1.54) is 0 Å². The van der Waals surface area contributed by atoms with Crippen LogP contribution >= 0.6 is 0 Å². The smallest absolute Gasteiger partial charge is 0.246 e. The lowest BCUT2D eigenvalue weighted by atomic mass is 9.76. The molecule has 0 bridgehead atoms. The molecule has 1 amide bonds. The van der Waals surface area contributed by atoms with Crippen molar-refractivity contribution in [3.8, 4) is 17.2 Å². The number of amides is 1. The Morgan fingerprint density at radius 2 is 1.91 bits per heavy atom. The van der Waals surface area contributed by atoms with E-state index < -0.39 is 5.41 Å². The van der Waals surface area contributed by atoms with Crippen LogP contribution in [0.2, 0.25) is 0 Å². The summed E-state index contributed by atoms with van der Waals surface area (Å²) in [5.74, 6) is 2.19. The Morgan fingerprint density at radius 3 is 2.81 bits per heavy atom. The number of hydrogen-bond acceptors (Lipinski definition) is 5. The lowest BCUT2D eigenvalue weighted by molar-refractivity contribution is -0.122. The van der Waals surface area contributed by atoms with Gasteiger partial charge in [0.1, 0.15) is 35.9 Å². The highest BCUT2D eigenvalue weighted by atomic mass is 16.5. The van der Waals surface area contributed by atoms with Crippen LogP contribution in [-0.4, -0.2) is 32.0 Å². The van der Waals surface area contributed by atoms with Crippen LogP contribution in [0.5, 0.6) is 17.2 Å². The van der Waals surface area contributed by atoms with Gasteiger partial charge in [-0.25, -0.2) is 0 Å². The first-order valence-corrected chi connectivity index (χ1v) is 10.7. The molecule has 6 nitrogen and oxygen atoms in total. The molecule has 0 aliphatic carbocycles. The number of hydrogen-bond donors (Lipinski definition) is 0. The maximum absolute atomic E-state index is 14.0. The first kappa shape index (κ1) is 18.9. The molecule has 0 fully saturated rings. The molecule has 0 saturated carbocycles. The molecule has 3 aromatic rings. The van der Waals surface area contributed by atoms with E-state index in [9.17, 15) is 9.59 Å². The molecule has 32 heavy (non-hydrogen) atoms. The molecule has 160 valence electrons. The highest BCUT2D eigenvalue weighted by molar-refractivity contribution is 6.11. The second-order valence-corrected chi connectivity index (χ2v) is 8.28. The molecule has 0 radical (unpaired) electrons. The minimum atomic E-state index is -0.852. The van der Waals surface area contributed by atoms with E-state index in [1.54, 1.807) is 6.07 Å². The molecule has 3 aliphatic rings. The third-order valence-electron chi connectivity index (χ3n) is 6.52. The standard InChI is InChI=1S/C26H21NO5/c28-9-11-30-19-5-3-4-17(12-19)15-27-22-7-2-1-6-20(22)26(25(27)29)16-32-24-14-23-18(8-10-31-23)13-21(24)26/h1-7,9,12-14H,8,10-11,15-16H2. The van der Waals surface area contributed by atoms with Gasteiger partial charge in [-0.1, -0.05) is 30.3 Å². The second kappa shape index (κ2) is 7.12. The monoisotopic (exact) mass is 427 g/mol. The summed E-state index contributed by atoms with van der Waals surface area (Å²) in [6, 6.07) is 19.5. The summed E-state index contributed by atoms with van der Waals surface area (Å²) < 4.78 is 17.2. The number of ether oxygens (including phenoxy) is 3. The lowest BCUT2D eigenvalue weighted by Crippen LogP contribution is -2.42. The maximum Gasteiger partial charge on any atom is 0.246 e. The number of anilines is 1. The molecule has 1 unspecified atom stereocenters. The van der Waals surface area contributed by atoms with E-state index in [0.29, 0.717) is 18.9 Å². The second-order valence-electron chi connectivity index (χ2n) is 8.28. The van der Waals surface area contributed by atoms with Gasteiger partial charge >= 0.3 is 0 Å². The fourth-order valence-electron chi connectivity index (χ4n) is 5.05. The average molecular weight is 427 g/mol. The van der Waals surface area contributed by atoms with E-state index in [-0.39, 0.29) is 19.1 Å². The van der Waals surface area contributed by atoms with Crippen molar-refractivity contribution in [1.29, 1.82) is 0 Å². The first-order chi connectivity index (χ1) is 15.7. The van der Waals surface area contributed by atoms with Crippen molar-refractivity contribution < 1.29 is 23.8 Å². The predicted octanol–water partition coefficient (Wildman–Crippen LogP) is 3.42. The summed E-state index contributed by atoms with van der Waals surface area (Å²) >= 11 is 0. The normalized spacial score (nSPS) is 19.9. The van der Waals surface area contributed by atoms with Crippen molar-refractivity contribution in [2.75, 3.05) is 24.7 Å². The van der Waals surface area contributed by atoms with Crippen molar-refractivity contribution in [3.05, 3.63) is 82.9 Å². The lowest BCUT2D eigenvalue weighted by Gasteiger charge is -2.23. The van der Waals surface area contributed by atoms with Crippen LogP contribution in [0, 0.1) is 0 Å². The van der Waals surface area contributed by atoms with Crippen LogP contribution in [0.15, 0.2) is 60.7 Å². The van der Waals surface area contributed by atoms with Crippen LogP contribution in [0.4, 0.5) is 5.69 Å². The molecule has 6 rings (SSSR count). The van der Waals surface area contributed by atoms with E-state index in [0.717, 1.165) is 52.1 Å². The quantitative estimate of drug-likeness (QED) is 0.584. The van der Waals surface area contributed by atoms with Gasteiger partial charge in [-0.05, 0) is 41.0 Å². The molecule has 0 aromatic heterocycles. The van der Waals surface area contributed by atoms with Gasteiger partial charge in [0.05, 0.1) is 13.2 Å². The number of fused-ring (bicyclic) bond motifs is 5. The number of nitrogens with zero attached hydrogens (tertiary/aromatic N) is 1. The van der Waals surface area contributed by atoms with Gasteiger partial charge in [0, 0.05) is 23.7 Å². The minimum absolute atomic E-state index is 0.000200. The number of rotatable bonds is 5. The largest absolute Gasteiger partial charge is 0.493 e. The van der Waals surface area contributed by atoms with E-state index >= 15 is 0 Å². The zero-order chi connectivity index (χ0) is 21.7. The zero-order valence-electron chi connectivity index (χ0n) is 17.4. The van der Waals surface area contributed by atoms with Crippen molar-refractivity contribution >= 4 is 17.9 Å². The SMILES string of the molecule is O=CCOc1cccc(CN2C(=O)C3(COc4cc5c(cc43)CCO5)c3ccccc32)c1. The van der Waals surface area contributed by atoms with Crippen LogP contribution in [0.25, 0.3) is 0 Å². The molecule has 3 heterocycles. The third-order valence-corrected chi connectivity index (χ3v) is 6.52. The Bertz CT molecular complexity index is 1250.